The van der Waals surface area contributed by atoms with Crippen LogP contribution in [0, 0.1) is 19.8 Å². The first-order valence-corrected chi connectivity index (χ1v) is 6.69. The monoisotopic (exact) mass is 246 g/mol. The minimum atomic E-state index is 0.0889. The molecule has 2 atom stereocenters. The summed E-state index contributed by atoms with van der Waals surface area (Å²) in [6, 6.07) is 6.31. The summed E-state index contributed by atoms with van der Waals surface area (Å²) in [4.78, 5) is 12.0. The molecule has 18 heavy (non-hydrogen) atoms. The van der Waals surface area contributed by atoms with Gasteiger partial charge in [-0.25, -0.2) is 0 Å². The molecule has 0 unspecified atom stereocenters. The Balaban J connectivity index is 1.96. The van der Waals surface area contributed by atoms with Gasteiger partial charge in [0, 0.05) is 18.2 Å². The number of aryl methyl sites for hydroxylation is 2. The van der Waals surface area contributed by atoms with Crippen LogP contribution in [0.4, 0.5) is 5.69 Å². The summed E-state index contributed by atoms with van der Waals surface area (Å²) in [6.45, 7) is 4.04. The molecular formula is C15H22N2O. The number of carbonyl (C=O) groups excluding carboxylic acids is 1. The van der Waals surface area contributed by atoms with Gasteiger partial charge in [0.15, 0.2) is 0 Å². The van der Waals surface area contributed by atoms with Gasteiger partial charge in [0.25, 0.3) is 0 Å². The van der Waals surface area contributed by atoms with E-state index in [2.05, 4.69) is 11.4 Å². The van der Waals surface area contributed by atoms with Crippen molar-refractivity contribution in [2.75, 3.05) is 5.32 Å². The number of hydrogen-bond acceptors (Lipinski definition) is 2. The first-order chi connectivity index (χ1) is 8.56. The van der Waals surface area contributed by atoms with Crippen LogP contribution in [-0.4, -0.2) is 11.9 Å². The van der Waals surface area contributed by atoms with E-state index in [1.165, 1.54) is 0 Å². The molecule has 1 amide bonds. The van der Waals surface area contributed by atoms with E-state index in [1.807, 2.05) is 26.0 Å². The number of carbonyl (C=O) groups is 1. The van der Waals surface area contributed by atoms with Crippen molar-refractivity contribution in [2.45, 2.75) is 45.6 Å². The molecule has 0 aromatic heterocycles. The number of anilines is 1. The summed E-state index contributed by atoms with van der Waals surface area (Å²) in [5.41, 5.74) is 9.18. The highest BCUT2D eigenvalue weighted by Gasteiger charge is 2.26. The van der Waals surface area contributed by atoms with Crippen LogP contribution in [0.3, 0.4) is 0 Å². The van der Waals surface area contributed by atoms with Crippen molar-refractivity contribution in [1.29, 1.82) is 0 Å². The first kappa shape index (κ1) is 13.1. The van der Waals surface area contributed by atoms with Crippen molar-refractivity contribution in [2.24, 2.45) is 11.7 Å². The van der Waals surface area contributed by atoms with Crippen LogP contribution >= 0.6 is 0 Å². The lowest BCUT2D eigenvalue weighted by atomic mass is 9.99. The number of rotatable bonds is 3. The van der Waals surface area contributed by atoms with Crippen LogP contribution in [0.15, 0.2) is 18.2 Å². The maximum absolute atomic E-state index is 12.0. The molecule has 0 spiro atoms. The molecule has 1 fully saturated rings. The van der Waals surface area contributed by atoms with E-state index < -0.39 is 0 Å². The van der Waals surface area contributed by atoms with Crippen LogP contribution in [0.5, 0.6) is 0 Å². The molecular weight excluding hydrogens is 224 g/mol. The van der Waals surface area contributed by atoms with Gasteiger partial charge in [0.2, 0.25) is 5.91 Å². The van der Waals surface area contributed by atoms with Crippen LogP contribution in [0.1, 0.15) is 36.8 Å². The molecule has 1 aromatic rings. The molecule has 3 heteroatoms. The maximum atomic E-state index is 12.0. The molecule has 1 saturated carbocycles. The van der Waals surface area contributed by atoms with Crippen LogP contribution in [0.2, 0.25) is 0 Å². The van der Waals surface area contributed by atoms with Crippen molar-refractivity contribution in [3.05, 3.63) is 29.3 Å². The average molecular weight is 246 g/mol. The lowest BCUT2D eigenvalue weighted by Gasteiger charge is -2.15. The van der Waals surface area contributed by atoms with E-state index in [4.69, 9.17) is 5.73 Å². The molecule has 1 aromatic carbocycles. The van der Waals surface area contributed by atoms with E-state index in [1.54, 1.807) is 0 Å². The van der Waals surface area contributed by atoms with Gasteiger partial charge in [0.05, 0.1) is 0 Å². The third-order valence-electron chi connectivity index (χ3n) is 3.83. The van der Waals surface area contributed by atoms with Crippen LogP contribution < -0.4 is 11.1 Å². The zero-order valence-corrected chi connectivity index (χ0v) is 11.2. The second-order valence-corrected chi connectivity index (χ2v) is 5.43. The van der Waals surface area contributed by atoms with Gasteiger partial charge in [-0.05, 0) is 49.8 Å². The van der Waals surface area contributed by atoms with Gasteiger partial charge < -0.3 is 11.1 Å². The Morgan fingerprint density at radius 1 is 1.39 bits per heavy atom. The minimum Gasteiger partial charge on any atom is -0.327 e. The van der Waals surface area contributed by atoms with Gasteiger partial charge in [-0.15, -0.1) is 0 Å². The SMILES string of the molecule is Cc1ccc(C)c(NC(=O)C[C@@H]2CCC[C@H]2N)c1. The standard InChI is InChI=1S/C15H22N2O/c1-10-6-7-11(2)14(8-10)17-15(18)9-12-4-3-5-13(12)16/h6-8,12-13H,3-5,9,16H2,1-2H3,(H,17,18)/t12-,13+/m0/s1. The van der Waals surface area contributed by atoms with E-state index in [0.29, 0.717) is 12.3 Å². The van der Waals surface area contributed by atoms with Crippen molar-refractivity contribution >= 4 is 11.6 Å². The van der Waals surface area contributed by atoms with Gasteiger partial charge >= 0.3 is 0 Å². The zero-order valence-electron chi connectivity index (χ0n) is 11.2. The second kappa shape index (κ2) is 5.53. The molecule has 0 heterocycles. The number of amides is 1. The number of nitrogens with two attached hydrogens (primary N) is 1. The third-order valence-corrected chi connectivity index (χ3v) is 3.83. The summed E-state index contributed by atoms with van der Waals surface area (Å²) in [5, 5.41) is 3.00. The fourth-order valence-electron chi connectivity index (χ4n) is 2.63. The predicted octanol–water partition coefficient (Wildman–Crippen LogP) is 2.76. The highest BCUT2D eigenvalue weighted by molar-refractivity contribution is 5.91. The molecule has 1 aliphatic rings. The Hall–Kier alpha value is -1.35. The average Bonchev–Trinajstić information content (AvgIpc) is 2.70. The first-order valence-electron chi connectivity index (χ1n) is 6.69. The van der Waals surface area contributed by atoms with Crippen LogP contribution in [-0.2, 0) is 4.79 Å². The van der Waals surface area contributed by atoms with E-state index >= 15 is 0 Å². The van der Waals surface area contributed by atoms with Crippen molar-refractivity contribution in [3.8, 4) is 0 Å². The Morgan fingerprint density at radius 2 is 2.17 bits per heavy atom. The van der Waals surface area contributed by atoms with Crippen LogP contribution in [0.25, 0.3) is 0 Å². The molecule has 3 N–H and O–H groups in total. The number of benzene rings is 1. The number of nitrogens with one attached hydrogen (secondary N) is 1. The largest absolute Gasteiger partial charge is 0.327 e. The Kier molecular flexibility index (Phi) is 4.02. The van der Waals surface area contributed by atoms with E-state index in [-0.39, 0.29) is 11.9 Å². The van der Waals surface area contributed by atoms with Gasteiger partial charge in [-0.2, -0.15) is 0 Å². The fraction of sp³-hybridized carbons (Fsp3) is 0.533. The lowest BCUT2D eigenvalue weighted by Crippen LogP contribution is -2.28. The molecule has 0 bridgehead atoms. The van der Waals surface area contributed by atoms with Crippen molar-refractivity contribution in [1.82, 2.24) is 0 Å². The zero-order chi connectivity index (χ0) is 13.1. The highest BCUT2D eigenvalue weighted by Crippen LogP contribution is 2.27. The van der Waals surface area contributed by atoms with E-state index in [0.717, 1.165) is 36.1 Å². The molecule has 98 valence electrons. The smallest absolute Gasteiger partial charge is 0.224 e. The quantitative estimate of drug-likeness (QED) is 0.861. The summed E-state index contributed by atoms with van der Waals surface area (Å²) in [5.74, 6) is 0.446. The Morgan fingerprint density at radius 3 is 2.83 bits per heavy atom. The molecule has 3 nitrogen and oxygen atoms in total. The molecule has 1 aliphatic carbocycles. The molecule has 2 rings (SSSR count). The second-order valence-electron chi connectivity index (χ2n) is 5.43. The van der Waals surface area contributed by atoms with Gasteiger partial charge in [-0.1, -0.05) is 18.6 Å². The number of hydrogen-bond donors (Lipinski definition) is 2. The molecule has 0 saturated heterocycles. The normalized spacial score (nSPS) is 23.1. The lowest BCUT2D eigenvalue weighted by molar-refractivity contribution is -0.117. The molecule has 0 radical (unpaired) electrons. The summed E-state index contributed by atoms with van der Waals surface area (Å²) in [7, 11) is 0. The Bertz CT molecular complexity index is 442. The fourth-order valence-corrected chi connectivity index (χ4v) is 2.63. The van der Waals surface area contributed by atoms with E-state index in [9.17, 15) is 4.79 Å². The minimum absolute atomic E-state index is 0.0889. The summed E-state index contributed by atoms with van der Waals surface area (Å²) in [6.07, 6.45) is 3.85. The molecule has 0 aliphatic heterocycles. The maximum Gasteiger partial charge on any atom is 0.224 e. The summed E-state index contributed by atoms with van der Waals surface area (Å²) >= 11 is 0. The highest BCUT2D eigenvalue weighted by atomic mass is 16.1. The topological polar surface area (TPSA) is 55.1 Å². The predicted molar refractivity (Wildman–Crippen MR) is 74.5 cm³/mol. The third kappa shape index (κ3) is 3.10. The van der Waals surface area contributed by atoms with Crippen molar-refractivity contribution < 1.29 is 4.79 Å². The summed E-state index contributed by atoms with van der Waals surface area (Å²) < 4.78 is 0. The van der Waals surface area contributed by atoms with Gasteiger partial charge in [-0.3, -0.25) is 4.79 Å². The Labute approximate surface area is 109 Å². The van der Waals surface area contributed by atoms with Gasteiger partial charge in [0.1, 0.15) is 0 Å². The van der Waals surface area contributed by atoms with Crippen molar-refractivity contribution in [3.63, 3.8) is 0 Å².